The lowest BCUT2D eigenvalue weighted by atomic mass is 10.2. The fourth-order valence-electron chi connectivity index (χ4n) is 2.68. The fourth-order valence-corrected chi connectivity index (χ4v) is 2.68. The molecule has 0 unspecified atom stereocenters. The number of hydrogen-bond acceptors (Lipinski definition) is 4. The highest BCUT2D eigenvalue weighted by atomic mass is 16.5. The second-order valence-electron chi connectivity index (χ2n) is 6.06. The molecule has 1 fully saturated rings. The topological polar surface area (TPSA) is 69.0 Å². The van der Waals surface area contributed by atoms with Gasteiger partial charge >= 0.3 is 6.09 Å². The monoisotopic (exact) mass is 394 g/mol. The minimum Gasteiger partial charge on any atom is -0.444 e. The van der Waals surface area contributed by atoms with Crippen molar-refractivity contribution in [2.75, 3.05) is 5.32 Å². The zero-order chi connectivity index (χ0) is 21.1. The van der Waals surface area contributed by atoms with Crippen LogP contribution in [-0.2, 0) is 11.3 Å². The van der Waals surface area contributed by atoms with Crippen LogP contribution in [0.1, 0.15) is 52.1 Å². The van der Waals surface area contributed by atoms with Gasteiger partial charge in [0, 0.05) is 17.3 Å². The van der Waals surface area contributed by atoms with E-state index in [2.05, 4.69) is 20.1 Å². The van der Waals surface area contributed by atoms with E-state index in [1.54, 1.807) is 6.33 Å². The van der Waals surface area contributed by atoms with Gasteiger partial charge in [-0.3, -0.25) is 5.32 Å². The quantitative estimate of drug-likeness (QED) is 0.569. The Hall–Kier alpha value is -3.15. The summed E-state index contributed by atoms with van der Waals surface area (Å²) in [7, 11) is 0. The van der Waals surface area contributed by atoms with Gasteiger partial charge in [-0.25, -0.2) is 4.79 Å². The number of nitrogens with zero attached hydrogens (tertiary/aromatic N) is 3. The number of rotatable bonds is 5. The van der Waals surface area contributed by atoms with Crippen molar-refractivity contribution in [1.82, 2.24) is 14.8 Å². The normalized spacial score (nSPS) is 12.0. The van der Waals surface area contributed by atoms with Crippen molar-refractivity contribution < 1.29 is 9.53 Å². The average molecular weight is 395 g/mol. The van der Waals surface area contributed by atoms with Crippen LogP contribution in [0.5, 0.6) is 0 Å². The summed E-state index contributed by atoms with van der Waals surface area (Å²) < 4.78 is 7.34. The third kappa shape index (κ3) is 6.45. The molecule has 4 rings (SSSR count). The molecule has 2 aromatic carbocycles. The predicted molar refractivity (Wildman–Crippen MR) is 117 cm³/mol. The first-order valence-corrected chi connectivity index (χ1v) is 10.3. The van der Waals surface area contributed by atoms with Crippen molar-refractivity contribution in [3.63, 3.8) is 0 Å². The number of ether oxygens (including phenoxy) is 1. The molecule has 0 atom stereocenters. The fraction of sp³-hybridized carbons (Fsp3) is 0.348. The standard InChI is InChI=1S/C19H18N4O2.2C2H6/c24-19(25-12-14-5-2-1-3-6-14)21-16-8-4-7-15(11-16)18-22-20-13-23(18)17-9-10-17;2*1-2/h1-8,11,13,17H,9-10,12H2,(H,21,24);2*1-2H3. The molecule has 3 aromatic rings. The molecule has 1 amide bonds. The maximum Gasteiger partial charge on any atom is 0.411 e. The van der Waals surface area contributed by atoms with Crippen LogP contribution in [0.15, 0.2) is 60.9 Å². The molecule has 0 spiro atoms. The molecule has 1 heterocycles. The van der Waals surface area contributed by atoms with Crippen molar-refractivity contribution in [2.45, 2.75) is 53.2 Å². The van der Waals surface area contributed by atoms with E-state index in [1.807, 2.05) is 82.3 Å². The smallest absolute Gasteiger partial charge is 0.411 e. The Balaban J connectivity index is 0.000000707. The molecular weight excluding hydrogens is 364 g/mol. The number of anilines is 1. The second kappa shape index (κ2) is 11.6. The number of nitrogens with one attached hydrogen (secondary N) is 1. The van der Waals surface area contributed by atoms with Crippen LogP contribution in [0.25, 0.3) is 11.4 Å². The predicted octanol–water partition coefficient (Wildman–Crippen LogP) is 6.08. The summed E-state index contributed by atoms with van der Waals surface area (Å²) in [5, 5.41) is 11.0. The molecule has 0 bridgehead atoms. The summed E-state index contributed by atoms with van der Waals surface area (Å²) >= 11 is 0. The van der Waals surface area contributed by atoms with E-state index >= 15 is 0 Å². The van der Waals surface area contributed by atoms with E-state index in [-0.39, 0.29) is 6.61 Å². The molecule has 1 aliphatic rings. The summed E-state index contributed by atoms with van der Waals surface area (Å²) in [5.74, 6) is 0.823. The van der Waals surface area contributed by atoms with Crippen molar-refractivity contribution in [3.05, 3.63) is 66.5 Å². The first-order valence-electron chi connectivity index (χ1n) is 10.3. The highest BCUT2D eigenvalue weighted by Gasteiger charge is 2.26. The lowest BCUT2D eigenvalue weighted by Crippen LogP contribution is -2.13. The molecule has 154 valence electrons. The molecular formula is C23H30N4O2. The molecule has 29 heavy (non-hydrogen) atoms. The molecule has 1 aliphatic carbocycles. The van der Waals surface area contributed by atoms with Gasteiger partial charge in [0.25, 0.3) is 0 Å². The van der Waals surface area contributed by atoms with Crippen LogP contribution >= 0.6 is 0 Å². The molecule has 0 aliphatic heterocycles. The van der Waals surface area contributed by atoms with Crippen LogP contribution in [0.2, 0.25) is 0 Å². The highest BCUT2D eigenvalue weighted by Crippen LogP contribution is 2.37. The first-order chi connectivity index (χ1) is 14.3. The van der Waals surface area contributed by atoms with Gasteiger partial charge in [-0.15, -0.1) is 10.2 Å². The van der Waals surface area contributed by atoms with Gasteiger partial charge < -0.3 is 9.30 Å². The van der Waals surface area contributed by atoms with E-state index in [0.717, 1.165) is 29.8 Å². The van der Waals surface area contributed by atoms with Gasteiger partial charge in [0.05, 0.1) is 0 Å². The van der Waals surface area contributed by atoms with Crippen LogP contribution < -0.4 is 5.32 Å². The van der Waals surface area contributed by atoms with Crippen molar-refractivity contribution in [2.24, 2.45) is 0 Å². The Morgan fingerprint density at radius 3 is 2.48 bits per heavy atom. The minimum absolute atomic E-state index is 0.238. The van der Waals surface area contributed by atoms with Gasteiger partial charge in [-0.05, 0) is 30.5 Å². The average Bonchev–Trinajstić information content (AvgIpc) is 3.52. The highest BCUT2D eigenvalue weighted by molar-refractivity contribution is 5.85. The van der Waals surface area contributed by atoms with Gasteiger partial charge in [-0.2, -0.15) is 0 Å². The Morgan fingerprint density at radius 2 is 1.79 bits per heavy atom. The van der Waals surface area contributed by atoms with Gasteiger partial charge in [0.15, 0.2) is 5.82 Å². The van der Waals surface area contributed by atoms with Crippen molar-refractivity contribution in [3.8, 4) is 11.4 Å². The zero-order valence-corrected chi connectivity index (χ0v) is 17.6. The van der Waals surface area contributed by atoms with Gasteiger partial charge in [0.1, 0.15) is 12.9 Å². The Kier molecular flexibility index (Phi) is 8.89. The SMILES string of the molecule is CC.CC.O=C(Nc1cccc(-c2nncn2C2CC2)c1)OCc1ccccc1. The van der Waals surface area contributed by atoms with Gasteiger partial charge in [-0.1, -0.05) is 70.2 Å². The summed E-state index contributed by atoms with van der Waals surface area (Å²) in [6.45, 7) is 8.24. The number of amides is 1. The third-order valence-corrected chi connectivity index (χ3v) is 4.09. The lowest BCUT2D eigenvalue weighted by molar-refractivity contribution is 0.155. The Bertz CT molecular complexity index is 873. The van der Waals surface area contributed by atoms with E-state index in [9.17, 15) is 4.79 Å². The molecule has 6 heteroatoms. The number of hydrogen-bond donors (Lipinski definition) is 1. The minimum atomic E-state index is -0.482. The molecule has 1 N–H and O–H groups in total. The second-order valence-corrected chi connectivity index (χ2v) is 6.06. The molecule has 1 saturated carbocycles. The van der Waals surface area contributed by atoms with E-state index in [4.69, 9.17) is 4.74 Å². The summed E-state index contributed by atoms with van der Waals surface area (Å²) in [6.07, 6.45) is 3.61. The maximum atomic E-state index is 12.0. The first kappa shape index (κ1) is 22.1. The van der Waals surface area contributed by atoms with Crippen LogP contribution in [0.4, 0.5) is 10.5 Å². The molecule has 0 saturated heterocycles. The van der Waals surface area contributed by atoms with E-state index in [0.29, 0.717) is 11.7 Å². The van der Waals surface area contributed by atoms with E-state index < -0.39 is 6.09 Å². The summed E-state index contributed by atoms with van der Waals surface area (Å²) in [5.41, 5.74) is 2.54. The summed E-state index contributed by atoms with van der Waals surface area (Å²) in [4.78, 5) is 12.0. The van der Waals surface area contributed by atoms with Crippen molar-refractivity contribution >= 4 is 11.8 Å². The summed E-state index contributed by atoms with van der Waals surface area (Å²) in [6, 6.07) is 17.6. The van der Waals surface area contributed by atoms with E-state index in [1.165, 1.54) is 0 Å². The molecule has 6 nitrogen and oxygen atoms in total. The van der Waals surface area contributed by atoms with Crippen LogP contribution in [0.3, 0.4) is 0 Å². The van der Waals surface area contributed by atoms with Crippen LogP contribution in [-0.4, -0.2) is 20.9 Å². The number of carbonyl (C=O) groups is 1. The lowest BCUT2D eigenvalue weighted by Gasteiger charge is -2.09. The molecule has 1 aromatic heterocycles. The maximum absolute atomic E-state index is 12.0. The Labute approximate surface area is 172 Å². The Morgan fingerprint density at radius 1 is 1.07 bits per heavy atom. The largest absolute Gasteiger partial charge is 0.444 e. The molecule has 0 radical (unpaired) electrons. The van der Waals surface area contributed by atoms with Gasteiger partial charge in [0.2, 0.25) is 0 Å². The number of carbonyl (C=O) groups excluding carboxylic acids is 1. The van der Waals surface area contributed by atoms with Crippen LogP contribution in [0, 0.1) is 0 Å². The zero-order valence-electron chi connectivity index (χ0n) is 17.6. The van der Waals surface area contributed by atoms with Crippen molar-refractivity contribution in [1.29, 1.82) is 0 Å². The third-order valence-electron chi connectivity index (χ3n) is 4.09. The number of aromatic nitrogens is 3. The number of benzene rings is 2.